The van der Waals surface area contributed by atoms with Gasteiger partial charge >= 0.3 is 0 Å². The fraction of sp³-hybridized carbons (Fsp3) is 0.667. The van der Waals surface area contributed by atoms with Crippen LogP contribution in [0.4, 0.5) is 5.82 Å². The van der Waals surface area contributed by atoms with E-state index in [9.17, 15) is 0 Å². The summed E-state index contributed by atoms with van der Waals surface area (Å²) in [5, 5.41) is 3.24. The Kier molecular flexibility index (Phi) is 7.05. The van der Waals surface area contributed by atoms with Gasteiger partial charge in [-0.3, -0.25) is 4.98 Å². The number of ether oxygens (including phenoxy) is 2. The molecule has 1 unspecified atom stereocenters. The van der Waals surface area contributed by atoms with Crippen molar-refractivity contribution < 1.29 is 9.47 Å². The average Bonchev–Trinajstić information content (AvgIpc) is 2.37. The summed E-state index contributed by atoms with van der Waals surface area (Å²) >= 11 is 0. The molecule has 0 saturated heterocycles. The molecule has 0 aromatic carbocycles. The Bertz CT molecular complexity index is 330. The molecule has 0 amide bonds. The van der Waals surface area contributed by atoms with Gasteiger partial charge in [0, 0.05) is 7.11 Å². The fourth-order valence-electron chi connectivity index (χ4n) is 1.50. The molecule has 3 N–H and O–H groups in total. The molecule has 0 aliphatic carbocycles. The number of nitrogens with two attached hydrogens (primary N) is 1. The van der Waals surface area contributed by atoms with Crippen LogP contribution in [-0.2, 0) is 4.74 Å². The molecule has 0 bridgehead atoms. The third-order valence-electron chi connectivity index (χ3n) is 2.30. The molecule has 1 rings (SSSR count). The summed E-state index contributed by atoms with van der Waals surface area (Å²) in [6.45, 7) is 3.87. The lowest BCUT2D eigenvalue weighted by atomic mass is 10.2. The third kappa shape index (κ3) is 5.29. The Morgan fingerprint density at radius 1 is 1.44 bits per heavy atom. The first-order valence-electron chi connectivity index (χ1n) is 6.20. The van der Waals surface area contributed by atoms with Crippen LogP contribution in [0.25, 0.3) is 0 Å². The van der Waals surface area contributed by atoms with E-state index in [1.807, 2.05) is 6.92 Å². The van der Waals surface area contributed by atoms with E-state index < -0.39 is 0 Å². The molecule has 6 nitrogen and oxygen atoms in total. The highest BCUT2D eigenvalue weighted by molar-refractivity contribution is 5.34. The first kappa shape index (κ1) is 14.7. The van der Waals surface area contributed by atoms with Crippen molar-refractivity contribution in [3.63, 3.8) is 0 Å². The molecule has 1 atom stereocenters. The maximum absolute atomic E-state index is 5.55. The lowest BCUT2D eigenvalue weighted by Crippen LogP contribution is -2.28. The highest BCUT2D eigenvalue weighted by atomic mass is 16.5. The van der Waals surface area contributed by atoms with Crippen LogP contribution < -0.4 is 15.8 Å². The molecule has 0 aliphatic rings. The van der Waals surface area contributed by atoms with E-state index >= 15 is 0 Å². The molecule has 18 heavy (non-hydrogen) atoms. The fourth-order valence-corrected chi connectivity index (χ4v) is 1.50. The zero-order valence-electron chi connectivity index (χ0n) is 11.1. The van der Waals surface area contributed by atoms with Crippen LogP contribution in [0.5, 0.6) is 5.88 Å². The molecule has 6 heteroatoms. The molecule has 0 saturated carbocycles. The van der Waals surface area contributed by atoms with E-state index in [0.29, 0.717) is 31.5 Å². The van der Waals surface area contributed by atoms with Crippen molar-refractivity contribution in [1.29, 1.82) is 0 Å². The molecular weight excluding hydrogens is 232 g/mol. The second-order valence-corrected chi connectivity index (χ2v) is 3.96. The minimum Gasteiger partial charge on any atom is -0.477 e. The van der Waals surface area contributed by atoms with Crippen LogP contribution in [0, 0.1) is 0 Å². The molecule has 102 valence electrons. The number of aromatic nitrogens is 2. The number of nitrogens with one attached hydrogen (secondary N) is 1. The minimum atomic E-state index is 0.135. The number of nitrogens with zero attached hydrogens (tertiary/aromatic N) is 2. The first-order chi connectivity index (χ1) is 8.80. The van der Waals surface area contributed by atoms with Gasteiger partial charge in [-0.1, -0.05) is 6.92 Å². The highest BCUT2D eigenvalue weighted by Gasteiger charge is 2.09. The van der Waals surface area contributed by atoms with Crippen LogP contribution in [0.15, 0.2) is 12.4 Å². The van der Waals surface area contributed by atoms with E-state index in [4.69, 9.17) is 15.2 Å². The highest BCUT2D eigenvalue weighted by Crippen LogP contribution is 2.11. The number of methoxy groups -OCH3 is 1. The first-order valence-corrected chi connectivity index (χ1v) is 6.20. The molecule has 1 heterocycles. The standard InChI is InChI=1S/C12H22N4O2/c1-3-6-18-12-8-14-7-11(16-12)15-10(4-5-13)9-17-2/h7-8,10H,3-6,9,13H2,1-2H3,(H,15,16). The Balaban J connectivity index is 2.58. The monoisotopic (exact) mass is 254 g/mol. The van der Waals surface area contributed by atoms with Crippen LogP contribution in [0.1, 0.15) is 19.8 Å². The quantitative estimate of drug-likeness (QED) is 0.685. The molecule has 0 fully saturated rings. The number of anilines is 1. The molecule has 0 spiro atoms. The van der Waals surface area contributed by atoms with E-state index in [-0.39, 0.29) is 6.04 Å². The van der Waals surface area contributed by atoms with Crippen LogP contribution in [-0.4, -0.2) is 42.9 Å². The van der Waals surface area contributed by atoms with Gasteiger partial charge < -0.3 is 20.5 Å². The minimum absolute atomic E-state index is 0.135. The molecule has 0 aliphatic heterocycles. The van der Waals surface area contributed by atoms with Crippen molar-refractivity contribution >= 4 is 5.82 Å². The number of hydrogen-bond donors (Lipinski definition) is 2. The van der Waals surface area contributed by atoms with Crippen LogP contribution in [0.3, 0.4) is 0 Å². The van der Waals surface area contributed by atoms with Gasteiger partial charge in [-0.25, -0.2) is 0 Å². The van der Waals surface area contributed by atoms with E-state index in [2.05, 4.69) is 15.3 Å². The van der Waals surface area contributed by atoms with Gasteiger partial charge in [-0.15, -0.1) is 0 Å². The van der Waals surface area contributed by atoms with Gasteiger partial charge in [0.2, 0.25) is 5.88 Å². The molecular formula is C12H22N4O2. The van der Waals surface area contributed by atoms with Crippen molar-refractivity contribution in [3.8, 4) is 5.88 Å². The predicted molar refractivity (Wildman–Crippen MR) is 70.8 cm³/mol. The van der Waals surface area contributed by atoms with E-state index in [1.54, 1.807) is 19.5 Å². The Labute approximate surface area is 108 Å². The summed E-state index contributed by atoms with van der Waals surface area (Å²) < 4.78 is 10.6. The zero-order chi connectivity index (χ0) is 13.2. The molecule has 1 aromatic rings. The Hall–Kier alpha value is -1.40. The maximum Gasteiger partial charge on any atom is 0.234 e. The lowest BCUT2D eigenvalue weighted by molar-refractivity contribution is 0.183. The van der Waals surface area contributed by atoms with Gasteiger partial charge in [0.25, 0.3) is 0 Å². The van der Waals surface area contributed by atoms with Crippen molar-refractivity contribution in [3.05, 3.63) is 12.4 Å². The van der Waals surface area contributed by atoms with Gasteiger partial charge in [0.15, 0.2) is 0 Å². The van der Waals surface area contributed by atoms with Gasteiger partial charge in [0.1, 0.15) is 5.82 Å². The predicted octanol–water partition coefficient (Wildman–Crippen LogP) is 1.04. The average molecular weight is 254 g/mol. The van der Waals surface area contributed by atoms with E-state index in [1.165, 1.54) is 0 Å². The van der Waals surface area contributed by atoms with Crippen molar-refractivity contribution in [1.82, 2.24) is 9.97 Å². The number of rotatable bonds is 9. The summed E-state index contributed by atoms with van der Waals surface area (Å²) in [6.07, 6.45) is 5.03. The maximum atomic E-state index is 5.55. The van der Waals surface area contributed by atoms with Crippen molar-refractivity contribution in [2.45, 2.75) is 25.8 Å². The van der Waals surface area contributed by atoms with Crippen LogP contribution >= 0.6 is 0 Å². The third-order valence-corrected chi connectivity index (χ3v) is 2.30. The van der Waals surface area contributed by atoms with Crippen LogP contribution in [0.2, 0.25) is 0 Å². The van der Waals surface area contributed by atoms with Crippen molar-refractivity contribution in [2.24, 2.45) is 5.73 Å². The second-order valence-electron chi connectivity index (χ2n) is 3.96. The van der Waals surface area contributed by atoms with E-state index in [0.717, 1.165) is 12.8 Å². The summed E-state index contributed by atoms with van der Waals surface area (Å²) in [5.74, 6) is 1.21. The zero-order valence-corrected chi connectivity index (χ0v) is 11.1. The number of hydrogen-bond acceptors (Lipinski definition) is 6. The lowest BCUT2D eigenvalue weighted by Gasteiger charge is -2.17. The summed E-state index contributed by atoms with van der Waals surface area (Å²) in [7, 11) is 1.66. The second kappa shape index (κ2) is 8.66. The Morgan fingerprint density at radius 2 is 2.28 bits per heavy atom. The molecule has 0 radical (unpaired) electrons. The normalized spacial score (nSPS) is 12.2. The summed E-state index contributed by atoms with van der Waals surface area (Å²) in [5.41, 5.74) is 5.55. The molecule has 1 aromatic heterocycles. The Morgan fingerprint density at radius 3 is 2.94 bits per heavy atom. The van der Waals surface area contributed by atoms with Gasteiger partial charge in [-0.2, -0.15) is 4.98 Å². The summed E-state index contributed by atoms with van der Waals surface area (Å²) in [4.78, 5) is 8.41. The van der Waals surface area contributed by atoms with Crippen molar-refractivity contribution in [2.75, 3.05) is 32.2 Å². The smallest absolute Gasteiger partial charge is 0.234 e. The topological polar surface area (TPSA) is 82.3 Å². The largest absolute Gasteiger partial charge is 0.477 e. The van der Waals surface area contributed by atoms with Gasteiger partial charge in [0.05, 0.1) is 31.6 Å². The summed E-state index contributed by atoms with van der Waals surface area (Å²) in [6, 6.07) is 0.135. The SMILES string of the molecule is CCCOc1cncc(NC(CCN)COC)n1. The van der Waals surface area contributed by atoms with Gasteiger partial charge in [-0.05, 0) is 19.4 Å².